The van der Waals surface area contributed by atoms with Crippen LogP contribution >= 0.6 is 11.6 Å². The molecule has 1 atom stereocenters. The highest BCUT2D eigenvalue weighted by atomic mass is 35.5. The maximum Gasteiger partial charge on any atom is 0.359 e. The number of aryl methyl sites for hydroxylation is 1. The first-order chi connectivity index (χ1) is 13.9. The molecule has 1 aliphatic carbocycles. The van der Waals surface area contributed by atoms with Crippen LogP contribution in [0.2, 0.25) is 5.02 Å². The van der Waals surface area contributed by atoms with Gasteiger partial charge in [0.1, 0.15) is 0 Å². The van der Waals surface area contributed by atoms with E-state index in [2.05, 4.69) is 15.1 Å². The number of ether oxygens (including phenoxy) is 1. The van der Waals surface area contributed by atoms with Crippen LogP contribution in [-0.4, -0.2) is 69.3 Å². The summed E-state index contributed by atoms with van der Waals surface area (Å²) in [6.07, 6.45) is 5.21. The molecular weight excluding hydrogens is 396 g/mol. The molecule has 2 aromatic heterocycles. The Kier molecular flexibility index (Phi) is 5.16. The number of rotatable bonds is 4. The van der Waals surface area contributed by atoms with Crippen molar-refractivity contribution < 1.29 is 14.3 Å². The molecule has 0 spiro atoms. The van der Waals surface area contributed by atoms with Crippen molar-refractivity contribution >= 4 is 29.4 Å². The van der Waals surface area contributed by atoms with Gasteiger partial charge in [-0.05, 0) is 19.8 Å². The van der Waals surface area contributed by atoms with E-state index in [-0.39, 0.29) is 23.6 Å². The molecule has 4 rings (SSSR count). The number of piperazine rings is 1. The summed E-state index contributed by atoms with van der Waals surface area (Å²) in [5, 5.41) is 4.49. The summed E-state index contributed by atoms with van der Waals surface area (Å²) in [6.45, 7) is 3.95. The third kappa shape index (κ3) is 3.78. The van der Waals surface area contributed by atoms with E-state index in [1.807, 2.05) is 16.7 Å². The number of carbonyl (C=O) groups is 2. The second-order valence-corrected chi connectivity index (χ2v) is 7.93. The van der Waals surface area contributed by atoms with E-state index in [0.717, 1.165) is 12.8 Å². The van der Waals surface area contributed by atoms with Crippen LogP contribution in [0.5, 0.6) is 0 Å². The molecule has 0 radical (unpaired) electrons. The first-order valence-electron chi connectivity index (χ1n) is 9.59. The quantitative estimate of drug-likeness (QED) is 0.698. The van der Waals surface area contributed by atoms with Crippen molar-refractivity contribution in [2.24, 2.45) is 13.0 Å². The van der Waals surface area contributed by atoms with Gasteiger partial charge < -0.3 is 14.5 Å². The molecule has 0 aromatic carbocycles. The third-order valence-corrected chi connectivity index (χ3v) is 5.59. The van der Waals surface area contributed by atoms with Crippen LogP contribution in [0.4, 0.5) is 5.95 Å². The predicted octanol–water partition coefficient (Wildman–Crippen LogP) is 1.76. The first-order valence-corrected chi connectivity index (χ1v) is 9.97. The van der Waals surface area contributed by atoms with Crippen LogP contribution in [0.15, 0.2) is 12.4 Å². The molecule has 1 saturated heterocycles. The summed E-state index contributed by atoms with van der Waals surface area (Å²) < 4.78 is 6.34. The van der Waals surface area contributed by atoms with Crippen LogP contribution in [-0.2, 0) is 16.6 Å². The minimum absolute atomic E-state index is 0.0728. The second-order valence-electron chi connectivity index (χ2n) is 7.52. The van der Waals surface area contributed by atoms with Crippen molar-refractivity contribution in [3.8, 4) is 11.3 Å². The van der Waals surface area contributed by atoms with Crippen molar-refractivity contribution in [2.75, 3.05) is 31.6 Å². The molecule has 0 N–H and O–H groups in total. The van der Waals surface area contributed by atoms with Crippen LogP contribution in [0.3, 0.4) is 0 Å². The topological polar surface area (TPSA) is 93.5 Å². The molecule has 1 amide bonds. The summed E-state index contributed by atoms with van der Waals surface area (Å²) in [7, 11) is 3.02. The van der Waals surface area contributed by atoms with Crippen molar-refractivity contribution in [1.29, 1.82) is 0 Å². The molecule has 9 nitrogen and oxygen atoms in total. The number of carbonyl (C=O) groups excluding carboxylic acids is 2. The van der Waals surface area contributed by atoms with Gasteiger partial charge in [-0.15, -0.1) is 0 Å². The maximum absolute atomic E-state index is 12.4. The molecule has 2 aromatic rings. The molecule has 2 fully saturated rings. The van der Waals surface area contributed by atoms with Gasteiger partial charge in [-0.25, -0.2) is 14.8 Å². The molecule has 10 heteroatoms. The lowest BCUT2D eigenvalue weighted by atomic mass is 10.1. The summed E-state index contributed by atoms with van der Waals surface area (Å²) >= 11 is 6.35. The molecule has 29 heavy (non-hydrogen) atoms. The van der Waals surface area contributed by atoms with Gasteiger partial charge in [0.15, 0.2) is 5.69 Å². The molecule has 2 aliphatic rings. The number of halogens is 1. The number of esters is 1. The molecular formula is C19H23ClN6O3. The smallest absolute Gasteiger partial charge is 0.359 e. The highest BCUT2D eigenvalue weighted by molar-refractivity contribution is 6.33. The Morgan fingerprint density at radius 2 is 2.03 bits per heavy atom. The average Bonchev–Trinajstić information content (AvgIpc) is 3.49. The average molecular weight is 419 g/mol. The number of hydrogen-bond donors (Lipinski definition) is 0. The monoisotopic (exact) mass is 418 g/mol. The fourth-order valence-corrected chi connectivity index (χ4v) is 3.83. The largest absolute Gasteiger partial charge is 0.464 e. The molecule has 0 unspecified atom stereocenters. The van der Waals surface area contributed by atoms with Crippen LogP contribution in [0.25, 0.3) is 11.3 Å². The molecule has 154 valence electrons. The zero-order chi connectivity index (χ0) is 20.7. The highest BCUT2D eigenvalue weighted by Gasteiger charge is 2.37. The van der Waals surface area contributed by atoms with Gasteiger partial charge in [-0.2, -0.15) is 5.10 Å². The third-order valence-electron chi connectivity index (χ3n) is 5.31. The van der Waals surface area contributed by atoms with Gasteiger partial charge in [-0.1, -0.05) is 11.6 Å². The minimum atomic E-state index is -0.558. The van der Waals surface area contributed by atoms with E-state index >= 15 is 0 Å². The fraction of sp³-hybridized carbons (Fsp3) is 0.526. The Morgan fingerprint density at radius 3 is 2.69 bits per heavy atom. The number of nitrogens with zero attached hydrogens (tertiary/aromatic N) is 6. The number of anilines is 1. The molecule has 1 saturated carbocycles. The normalized spacial score (nSPS) is 19.4. The minimum Gasteiger partial charge on any atom is -0.464 e. The van der Waals surface area contributed by atoms with Crippen molar-refractivity contribution in [3.05, 3.63) is 23.1 Å². The van der Waals surface area contributed by atoms with Gasteiger partial charge in [0, 0.05) is 44.8 Å². The van der Waals surface area contributed by atoms with Gasteiger partial charge in [0.2, 0.25) is 11.9 Å². The number of aromatic nitrogens is 4. The van der Waals surface area contributed by atoms with Crippen molar-refractivity contribution in [3.63, 3.8) is 0 Å². The maximum atomic E-state index is 12.4. The Morgan fingerprint density at radius 1 is 1.28 bits per heavy atom. The summed E-state index contributed by atoms with van der Waals surface area (Å²) in [5.41, 5.74) is 1.06. The zero-order valence-electron chi connectivity index (χ0n) is 16.6. The summed E-state index contributed by atoms with van der Waals surface area (Å²) in [6, 6.07) is 0.0728. The Labute approximate surface area is 173 Å². The Balaban J connectivity index is 1.60. The van der Waals surface area contributed by atoms with E-state index in [1.54, 1.807) is 13.2 Å². The van der Waals surface area contributed by atoms with Crippen LogP contribution < -0.4 is 4.90 Å². The zero-order valence-corrected chi connectivity index (χ0v) is 17.4. The lowest BCUT2D eigenvalue weighted by molar-refractivity contribution is -0.134. The van der Waals surface area contributed by atoms with Gasteiger partial charge in [-0.3, -0.25) is 9.48 Å². The lowest BCUT2D eigenvalue weighted by Gasteiger charge is -2.40. The van der Waals surface area contributed by atoms with Crippen LogP contribution in [0.1, 0.15) is 30.3 Å². The van der Waals surface area contributed by atoms with Gasteiger partial charge in [0.25, 0.3) is 0 Å². The second kappa shape index (κ2) is 7.62. The van der Waals surface area contributed by atoms with E-state index in [9.17, 15) is 9.59 Å². The first kappa shape index (κ1) is 19.6. The van der Waals surface area contributed by atoms with E-state index in [0.29, 0.717) is 41.9 Å². The molecule has 1 aliphatic heterocycles. The number of hydrogen-bond acceptors (Lipinski definition) is 7. The van der Waals surface area contributed by atoms with E-state index in [4.69, 9.17) is 16.3 Å². The lowest BCUT2D eigenvalue weighted by Crippen LogP contribution is -2.54. The summed E-state index contributed by atoms with van der Waals surface area (Å²) in [4.78, 5) is 37.5. The number of amides is 1. The van der Waals surface area contributed by atoms with Crippen molar-refractivity contribution in [1.82, 2.24) is 24.6 Å². The summed E-state index contributed by atoms with van der Waals surface area (Å²) in [5.74, 6) is 0.421. The van der Waals surface area contributed by atoms with E-state index in [1.165, 1.54) is 18.0 Å². The SMILES string of the molecule is COC(=O)c1nn(C)cc1-c1nc(N2CCN(C(=O)C3CC3)[C@H](C)C2)ncc1Cl. The van der Waals surface area contributed by atoms with E-state index < -0.39 is 5.97 Å². The van der Waals surface area contributed by atoms with Crippen LogP contribution in [0, 0.1) is 5.92 Å². The Hall–Kier alpha value is -2.68. The Bertz CT molecular complexity index is 957. The predicted molar refractivity (Wildman–Crippen MR) is 107 cm³/mol. The molecule has 3 heterocycles. The number of methoxy groups -OCH3 is 1. The standard InChI is InChI=1S/C19H23ClN6O3/c1-11-9-25(6-7-26(11)17(27)12-4-5-12)19-21-8-14(20)15(22-19)13-10-24(2)23-16(13)18(28)29-3/h8,10-12H,4-7,9H2,1-3H3/t11-/m1/s1. The highest BCUT2D eigenvalue weighted by Crippen LogP contribution is 2.33. The molecule has 0 bridgehead atoms. The van der Waals surface area contributed by atoms with Gasteiger partial charge in [0.05, 0.1) is 29.6 Å². The van der Waals surface area contributed by atoms with Gasteiger partial charge >= 0.3 is 5.97 Å². The fourth-order valence-electron chi connectivity index (χ4n) is 3.64. The van der Waals surface area contributed by atoms with Crippen molar-refractivity contribution in [2.45, 2.75) is 25.8 Å².